The maximum absolute atomic E-state index is 12.6. The molecule has 3 nitrogen and oxygen atoms in total. The molecule has 0 saturated heterocycles. The fraction of sp³-hybridized carbons (Fsp3) is 0. The number of hydrogen-bond acceptors (Lipinski definition) is 4. The van der Waals surface area contributed by atoms with Gasteiger partial charge in [-0.25, -0.2) is 4.98 Å². The third kappa shape index (κ3) is 3.62. The highest BCUT2D eigenvalue weighted by Crippen LogP contribution is 2.26. The molecule has 0 spiro atoms. The van der Waals surface area contributed by atoms with Gasteiger partial charge in [0, 0.05) is 10.5 Å². The number of nitrogens with one attached hydrogen (secondary N) is 1. The maximum atomic E-state index is 12.6. The largest absolute Gasteiger partial charge is 0.298 e. The van der Waals surface area contributed by atoms with Crippen LogP contribution in [0.1, 0.15) is 10.4 Å². The predicted molar refractivity (Wildman–Crippen MR) is 94.4 cm³/mol. The van der Waals surface area contributed by atoms with Crippen molar-refractivity contribution in [3.05, 3.63) is 68.8 Å². The summed E-state index contributed by atoms with van der Waals surface area (Å²) < 4.78 is 0.541. The van der Waals surface area contributed by atoms with Crippen molar-refractivity contribution in [2.45, 2.75) is 0 Å². The van der Waals surface area contributed by atoms with E-state index in [9.17, 15) is 4.79 Å². The first-order valence-corrected chi connectivity index (χ1v) is 8.53. The molecule has 0 bridgehead atoms. The third-order valence-corrected chi connectivity index (χ3v) is 4.71. The van der Waals surface area contributed by atoms with Gasteiger partial charge in [-0.3, -0.25) is 10.1 Å². The molecule has 2 aromatic heterocycles. The highest BCUT2D eigenvalue weighted by molar-refractivity contribution is 7.19. The van der Waals surface area contributed by atoms with Gasteiger partial charge in [-0.05, 0) is 23.1 Å². The Morgan fingerprint density at radius 1 is 1.18 bits per heavy atom. The van der Waals surface area contributed by atoms with Crippen LogP contribution in [0, 0.1) is 0 Å². The highest BCUT2D eigenvalue weighted by atomic mass is 35.5. The van der Waals surface area contributed by atoms with E-state index < -0.39 is 0 Å². The van der Waals surface area contributed by atoms with E-state index in [2.05, 4.69) is 10.3 Å². The van der Waals surface area contributed by atoms with E-state index in [4.69, 9.17) is 11.6 Å². The Labute approximate surface area is 140 Å². The quantitative estimate of drug-likeness (QED) is 0.672. The lowest BCUT2D eigenvalue weighted by atomic mass is 10.0. The number of benzene rings is 1. The van der Waals surface area contributed by atoms with Crippen LogP contribution in [0.15, 0.2) is 54.0 Å². The number of amides is 1. The van der Waals surface area contributed by atoms with Crippen molar-refractivity contribution in [3.8, 4) is 0 Å². The van der Waals surface area contributed by atoms with Crippen LogP contribution >= 0.6 is 34.3 Å². The van der Waals surface area contributed by atoms with Gasteiger partial charge in [0.1, 0.15) is 4.34 Å². The van der Waals surface area contributed by atoms with E-state index >= 15 is 0 Å². The van der Waals surface area contributed by atoms with Crippen molar-refractivity contribution in [2.24, 2.45) is 0 Å². The molecule has 0 aliphatic carbocycles. The fourth-order valence-electron chi connectivity index (χ4n) is 1.89. The monoisotopic (exact) mass is 346 g/mol. The Morgan fingerprint density at radius 2 is 2.00 bits per heavy atom. The fourth-order valence-corrected chi connectivity index (χ4v) is 3.35. The predicted octanol–water partition coefficient (Wildman–Crippen LogP) is 5.04. The van der Waals surface area contributed by atoms with Crippen LogP contribution in [0.4, 0.5) is 5.13 Å². The second-order valence-corrected chi connectivity index (χ2v) is 7.00. The van der Waals surface area contributed by atoms with Crippen LogP contribution in [0.2, 0.25) is 4.34 Å². The first kappa shape index (κ1) is 15.0. The molecule has 0 fully saturated rings. The molecule has 0 atom stereocenters. The number of nitrogens with zero attached hydrogens (tertiary/aromatic N) is 1. The van der Waals surface area contributed by atoms with Crippen LogP contribution in [0.3, 0.4) is 0 Å². The first-order chi connectivity index (χ1) is 10.7. The molecule has 0 aliphatic rings. The number of carbonyl (C=O) groups is 1. The molecule has 6 heteroatoms. The lowest BCUT2D eigenvalue weighted by molar-refractivity contribution is -0.111. The summed E-state index contributed by atoms with van der Waals surface area (Å²) in [6.07, 6.45) is 3.40. The summed E-state index contributed by atoms with van der Waals surface area (Å²) in [6.45, 7) is 0. The highest BCUT2D eigenvalue weighted by Gasteiger charge is 2.14. The molecule has 1 N–H and O–H groups in total. The van der Waals surface area contributed by atoms with Gasteiger partial charge in [-0.1, -0.05) is 59.3 Å². The molecule has 0 aliphatic heterocycles. The van der Waals surface area contributed by atoms with E-state index in [1.807, 2.05) is 53.9 Å². The molecular formula is C16H11ClN2OS2. The minimum absolute atomic E-state index is 0.203. The SMILES string of the molecule is O=C(Nc1ncc(Cl)s1)C(=Cc1cccs1)c1ccccc1. The second kappa shape index (κ2) is 6.87. The molecule has 2 heterocycles. The van der Waals surface area contributed by atoms with Crippen molar-refractivity contribution >= 4 is 57.0 Å². The number of halogens is 1. The summed E-state index contributed by atoms with van der Waals surface area (Å²) in [6, 6.07) is 13.5. The number of hydrogen-bond donors (Lipinski definition) is 1. The van der Waals surface area contributed by atoms with E-state index in [0.717, 1.165) is 10.4 Å². The van der Waals surface area contributed by atoms with Crippen molar-refractivity contribution in [1.82, 2.24) is 4.98 Å². The van der Waals surface area contributed by atoms with Crippen LogP contribution in [0.25, 0.3) is 11.6 Å². The zero-order chi connectivity index (χ0) is 15.4. The number of rotatable bonds is 4. The summed E-state index contributed by atoms with van der Waals surface area (Å²) in [5, 5.41) is 5.26. The van der Waals surface area contributed by atoms with Crippen LogP contribution < -0.4 is 5.32 Å². The van der Waals surface area contributed by atoms with Crippen molar-refractivity contribution < 1.29 is 4.79 Å². The Kier molecular flexibility index (Phi) is 4.68. The van der Waals surface area contributed by atoms with E-state index in [1.54, 1.807) is 11.3 Å². The molecule has 1 aromatic carbocycles. The molecule has 1 amide bonds. The van der Waals surface area contributed by atoms with Gasteiger partial charge in [-0.2, -0.15) is 0 Å². The average Bonchev–Trinajstić information content (AvgIpc) is 3.17. The molecule has 0 radical (unpaired) electrons. The summed E-state index contributed by atoms with van der Waals surface area (Å²) in [5.41, 5.74) is 1.45. The molecule has 22 heavy (non-hydrogen) atoms. The van der Waals surface area contributed by atoms with Gasteiger partial charge < -0.3 is 0 Å². The Morgan fingerprint density at radius 3 is 2.64 bits per heavy atom. The smallest absolute Gasteiger partial charge is 0.258 e. The standard InChI is InChI=1S/C16H11ClN2OS2/c17-14-10-18-16(22-14)19-15(20)13(9-12-7-4-8-21-12)11-5-2-1-3-6-11/h1-10H,(H,18,19,20). The summed E-state index contributed by atoms with van der Waals surface area (Å²) in [5.74, 6) is -0.203. The van der Waals surface area contributed by atoms with E-state index in [1.165, 1.54) is 17.5 Å². The third-order valence-electron chi connectivity index (χ3n) is 2.86. The molecule has 3 aromatic rings. The topological polar surface area (TPSA) is 42.0 Å². The van der Waals surface area contributed by atoms with Gasteiger partial charge in [0.15, 0.2) is 5.13 Å². The van der Waals surface area contributed by atoms with Gasteiger partial charge in [0.25, 0.3) is 5.91 Å². The molecular weight excluding hydrogens is 336 g/mol. The van der Waals surface area contributed by atoms with Crippen molar-refractivity contribution in [1.29, 1.82) is 0 Å². The number of thiophene rings is 1. The molecule has 0 unspecified atom stereocenters. The summed E-state index contributed by atoms with van der Waals surface area (Å²) >= 11 is 8.66. The van der Waals surface area contributed by atoms with E-state index in [0.29, 0.717) is 15.0 Å². The normalized spacial score (nSPS) is 11.4. The molecule has 0 saturated carbocycles. The van der Waals surface area contributed by atoms with Gasteiger partial charge in [0.2, 0.25) is 0 Å². The minimum Gasteiger partial charge on any atom is -0.298 e. The van der Waals surface area contributed by atoms with Crippen LogP contribution in [-0.2, 0) is 4.79 Å². The lowest BCUT2D eigenvalue weighted by Crippen LogP contribution is -2.13. The summed E-state index contributed by atoms with van der Waals surface area (Å²) in [7, 11) is 0. The second-order valence-electron chi connectivity index (χ2n) is 4.36. The van der Waals surface area contributed by atoms with Crippen molar-refractivity contribution in [3.63, 3.8) is 0 Å². The zero-order valence-electron chi connectivity index (χ0n) is 11.3. The molecule has 110 valence electrons. The first-order valence-electron chi connectivity index (χ1n) is 6.46. The lowest BCUT2D eigenvalue weighted by Gasteiger charge is -2.07. The Hall–Kier alpha value is -1.95. The van der Waals surface area contributed by atoms with Gasteiger partial charge >= 0.3 is 0 Å². The van der Waals surface area contributed by atoms with Crippen LogP contribution in [0.5, 0.6) is 0 Å². The number of aromatic nitrogens is 1. The van der Waals surface area contributed by atoms with E-state index in [-0.39, 0.29) is 5.91 Å². The number of carbonyl (C=O) groups excluding carboxylic acids is 1. The minimum atomic E-state index is -0.203. The zero-order valence-corrected chi connectivity index (χ0v) is 13.7. The number of thiazole rings is 1. The Bertz CT molecular complexity index is 795. The average molecular weight is 347 g/mol. The van der Waals surface area contributed by atoms with Gasteiger partial charge in [0.05, 0.1) is 6.20 Å². The molecule has 3 rings (SSSR count). The summed E-state index contributed by atoms with van der Waals surface area (Å²) in [4.78, 5) is 17.7. The maximum Gasteiger partial charge on any atom is 0.258 e. The van der Waals surface area contributed by atoms with Gasteiger partial charge in [-0.15, -0.1) is 11.3 Å². The van der Waals surface area contributed by atoms with Crippen LogP contribution in [-0.4, -0.2) is 10.9 Å². The van der Waals surface area contributed by atoms with Crippen molar-refractivity contribution in [2.75, 3.05) is 5.32 Å². The Balaban J connectivity index is 1.93. The number of anilines is 1.